The monoisotopic (exact) mass is 342 g/mol. The molecule has 110 valence electrons. The van der Waals surface area contributed by atoms with Crippen LogP contribution in [0.1, 0.15) is 36.5 Å². The zero-order chi connectivity index (χ0) is 15.1. The maximum Gasteiger partial charge on any atom is 0.337 e. The standard InChI is InChI=1S/C14H19BrN2O3/c1-3-4-5-8-17(2)14(20)16-12-7-6-10(15)9-11(12)13(18)19/h6-7,9H,3-5,8H2,1-2H3,(H,16,20)(H,18,19). The number of nitrogens with one attached hydrogen (secondary N) is 1. The highest BCUT2D eigenvalue weighted by molar-refractivity contribution is 9.10. The van der Waals surface area contributed by atoms with Gasteiger partial charge in [0.05, 0.1) is 11.3 Å². The number of unbranched alkanes of at least 4 members (excludes halogenated alkanes) is 2. The van der Waals surface area contributed by atoms with E-state index in [1.54, 1.807) is 24.1 Å². The molecule has 1 aromatic carbocycles. The fourth-order valence-corrected chi connectivity index (χ4v) is 2.07. The second-order valence-electron chi connectivity index (χ2n) is 4.55. The first kappa shape index (κ1) is 16.5. The van der Waals surface area contributed by atoms with Crippen LogP contribution in [0.15, 0.2) is 22.7 Å². The van der Waals surface area contributed by atoms with Crippen molar-refractivity contribution in [2.24, 2.45) is 0 Å². The molecule has 2 N–H and O–H groups in total. The number of amides is 2. The molecule has 0 atom stereocenters. The third kappa shape index (κ3) is 4.85. The van der Waals surface area contributed by atoms with Crippen LogP contribution in [0, 0.1) is 0 Å². The zero-order valence-corrected chi connectivity index (χ0v) is 13.2. The molecule has 0 bridgehead atoms. The molecule has 0 radical (unpaired) electrons. The van der Waals surface area contributed by atoms with E-state index in [2.05, 4.69) is 28.2 Å². The minimum Gasteiger partial charge on any atom is -0.478 e. The number of urea groups is 1. The van der Waals surface area contributed by atoms with Gasteiger partial charge in [-0.3, -0.25) is 0 Å². The molecule has 5 nitrogen and oxygen atoms in total. The first-order chi connectivity index (χ1) is 9.45. The summed E-state index contributed by atoms with van der Waals surface area (Å²) in [6.07, 6.45) is 3.09. The van der Waals surface area contributed by atoms with Gasteiger partial charge in [0.25, 0.3) is 0 Å². The number of carboxylic acids is 1. The van der Waals surface area contributed by atoms with E-state index in [0.29, 0.717) is 16.7 Å². The second kappa shape index (κ2) is 7.89. The van der Waals surface area contributed by atoms with Gasteiger partial charge in [0.1, 0.15) is 0 Å². The normalized spacial score (nSPS) is 10.2. The van der Waals surface area contributed by atoms with E-state index in [1.165, 1.54) is 6.07 Å². The Kier molecular flexibility index (Phi) is 6.51. The summed E-state index contributed by atoms with van der Waals surface area (Å²) in [6.45, 7) is 2.75. The molecular formula is C14H19BrN2O3. The van der Waals surface area contributed by atoms with E-state index in [4.69, 9.17) is 5.11 Å². The number of nitrogens with zero attached hydrogens (tertiary/aromatic N) is 1. The number of carbonyl (C=O) groups excluding carboxylic acids is 1. The Morgan fingerprint density at radius 3 is 2.65 bits per heavy atom. The molecule has 1 aromatic rings. The van der Waals surface area contributed by atoms with Crippen LogP contribution in [0.2, 0.25) is 0 Å². The number of carbonyl (C=O) groups is 2. The van der Waals surface area contributed by atoms with E-state index in [0.717, 1.165) is 19.3 Å². The number of hydrogen-bond donors (Lipinski definition) is 2. The van der Waals surface area contributed by atoms with Crippen LogP contribution < -0.4 is 5.32 Å². The molecule has 0 aromatic heterocycles. The Labute approximate surface area is 127 Å². The van der Waals surface area contributed by atoms with E-state index in [-0.39, 0.29) is 11.6 Å². The van der Waals surface area contributed by atoms with Crippen LogP contribution in [0.4, 0.5) is 10.5 Å². The molecule has 0 aliphatic heterocycles. The molecule has 0 fully saturated rings. The number of carboxylic acid groups (broad SMARTS) is 1. The van der Waals surface area contributed by atoms with Crippen molar-refractivity contribution >= 4 is 33.6 Å². The largest absolute Gasteiger partial charge is 0.478 e. The zero-order valence-electron chi connectivity index (χ0n) is 11.6. The smallest absolute Gasteiger partial charge is 0.337 e. The highest BCUT2D eigenvalue weighted by Crippen LogP contribution is 2.21. The first-order valence-electron chi connectivity index (χ1n) is 6.50. The molecule has 0 spiro atoms. The molecular weight excluding hydrogens is 324 g/mol. The summed E-state index contributed by atoms with van der Waals surface area (Å²) in [4.78, 5) is 24.7. The highest BCUT2D eigenvalue weighted by atomic mass is 79.9. The molecule has 0 aliphatic rings. The minimum absolute atomic E-state index is 0.0645. The Morgan fingerprint density at radius 2 is 2.05 bits per heavy atom. The number of anilines is 1. The van der Waals surface area contributed by atoms with Gasteiger partial charge in [0.2, 0.25) is 0 Å². The van der Waals surface area contributed by atoms with E-state index >= 15 is 0 Å². The van der Waals surface area contributed by atoms with Gasteiger partial charge in [-0.2, -0.15) is 0 Å². The summed E-state index contributed by atoms with van der Waals surface area (Å²) in [5.74, 6) is -1.07. The first-order valence-corrected chi connectivity index (χ1v) is 7.30. The highest BCUT2D eigenvalue weighted by Gasteiger charge is 2.15. The van der Waals surface area contributed by atoms with Crippen LogP contribution in [0.3, 0.4) is 0 Å². The van der Waals surface area contributed by atoms with Crippen molar-refractivity contribution in [2.45, 2.75) is 26.2 Å². The molecule has 0 heterocycles. The van der Waals surface area contributed by atoms with Gasteiger partial charge in [-0.1, -0.05) is 35.7 Å². The van der Waals surface area contributed by atoms with Crippen LogP contribution in [0.5, 0.6) is 0 Å². The third-order valence-corrected chi connectivity index (χ3v) is 3.39. The predicted octanol–water partition coefficient (Wildman–Crippen LogP) is 3.80. The van der Waals surface area contributed by atoms with Gasteiger partial charge in [-0.05, 0) is 24.6 Å². The lowest BCUT2D eigenvalue weighted by atomic mass is 10.2. The molecule has 0 unspecified atom stereocenters. The Hall–Kier alpha value is -1.56. The molecule has 0 saturated heterocycles. The maximum absolute atomic E-state index is 12.0. The maximum atomic E-state index is 12.0. The van der Waals surface area contributed by atoms with E-state index in [1.807, 2.05) is 0 Å². The molecule has 6 heteroatoms. The molecule has 0 saturated carbocycles. The van der Waals surface area contributed by atoms with Crippen molar-refractivity contribution < 1.29 is 14.7 Å². The number of rotatable bonds is 6. The van der Waals surface area contributed by atoms with E-state index in [9.17, 15) is 9.59 Å². The molecule has 2 amide bonds. The lowest BCUT2D eigenvalue weighted by Crippen LogP contribution is -2.32. The number of aromatic carboxylic acids is 1. The molecule has 20 heavy (non-hydrogen) atoms. The summed E-state index contributed by atoms with van der Waals surface area (Å²) in [5, 5.41) is 11.8. The van der Waals surface area contributed by atoms with Gasteiger partial charge in [-0.25, -0.2) is 9.59 Å². The fraction of sp³-hybridized carbons (Fsp3) is 0.429. The Balaban J connectivity index is 2.72. The average molecular weight is 343 g/mol. The van der Waals surface area contributed by atoms with Crippen LogP contribution in [-0.4, -0.2) is 35.6 Å². The summed E-state index contributed by atoms with van der Waals surface area (Å²) in [6, 6.07) is 4.44. The van der Waals surface area contributed by atoms with Gasteiger partial charge in [0.15, 0.2) is 0 Å². The topological polar surface area (TPSA) is 69.6 Å². The molecule has 1 rings (SSSR count). The van der Waals surface area contributed by atoms with E-state index < -0.39 is 5.97 Å². The van der Waals surface area contributed by atoms with Gasteiger partial charge < -0.3 is 15.3 Å². The minimum atomic E-state index is -1.07. The Bertz CT molecular complexity index is 491. The van der Waals surface area contributed by atoms with Crippen molar-refractivity contribution in [3.8, 4) is 0 Å². The van der Waals surface area contributed by atoms with Crippen LogP contribution in [0.25, 0.3) is 0 Å². The lowest BCUT2D eigenvalue weighted by molar-refractivity contribution is 0.0698. The van der Waals surface area contributed by atoms with Gasteiger partial charge in [0, 0.05) is 18.1 Å². The molecule has 0 aliphatic carbocycles. The predicted molar refractivity (Wildman–Crippen MR) is 82.3 cm³/mol. The second-order valence-corrected chi connectivity index (χ2v) is 5.47. The summed E-state index contributed by atoms with van der Waals surface area (Å²) in [7, 11) is 1.70. The quantitative estimate of drug-likeness (QED) is 0.772. The van der Waals surface area contributed by atoms with Gasteiger partial charge in [-0.15, -0.1) is 0 Å². The van der Waals surface area contributed by atoms with Crippen LogP contribution in [-0.2, 0) is 0 Å². The summed E-state index contributed by atoms with van der Waals surface area (Å²) in [5.41, 5.74) is 0.364. The van der Waals surface area contributed by atoms with Crippen molar-refractivity contribution in [3.05, 3.63) is 28.2 Å². The summed E-state index contributed by atoms with van der Waals surface area (Å²) < 4.78 is 0.657. The van der Waals surface area contributed by atoms with Crippen LogP contribution >= 0.6 is 15.9 Å². The SMILES string of the molecule is CCCCCN(C)C(=O)Nc1ccc(Br)cc1C(=O)O. The summed E-state index contributed by atoms with van der Waals surface area (Å²) >= 11 is 3.22. The number of hydrogen-bond acceptors (Lipinski definition) is 2. The van der Waals surface area contributed by atoms with Crippen molar-refractivity contribution in [1.29, 1.82) is 0 Å². The lowest BCUT2D eigenvalue weighted by Gasteiger charge is -2.18. The third-order valence-electron chi connectivity index (χ3n) is 2.90. The van der Waals surface area contributed by atoms with Crippen molar-refractivity contribution in [3.63, 3.8) is 0 Å². The van der Waals surface area contributed by atoms with Crippen molar-refractivity contribution in [1.82, 2.24) is 4.90 Å². The van der Waals surface area contributed by atoms with Gasteiger partial charge >= 0.3 is 12.0 Å². The Morgan fingerprint density at radius 1 is 1.35 bits per heavy atom. The number of benzene rings is 1. The number of halogens is 1. The fourth-order valence-electron chi connectivity index (χ4n) is 1.71. The van der Waals surface area contributed by atoms with Crippen molar-refractivity contribution in [2.75, 3.05) is 18.9 Å². The average Bonchev–Trinajstić information content (AvgIpc) is 2.40.